The fourth-order valence-corrected chi connectivity index (χ4v) is 1.49. The summed E-state index contributed by atoms with van der Waals surface area (Å²) in [7, 11) is 0. The number of aromatic nitrogens is 1. The summed E-state index contributed by atoms with van der Waals surface area (Å²) in [5.74, 6) is -0.410. The summed E-state index contributed by atoms with van der Waals surface area (Å²) in [5, 5.41) is 2.83. The van der Waals surface area contributed by atoms with Gasteiger partial charge in [-0.05, 0) is 19.1 Å². The molecule has 88 valence electrons. The van der Waals surface area contributed by atoms with Crippen molar-refractivity contribution in [2.45, 2.75) is 6.92 Å². The Balaban J connectivity index is 2.23. The third-order valence-corrected chi connectivity index (χ3v) is 2.47. The van der Waals surface area contributed by atoms with Crippen molar-refractivity contribution >= 4 is 29.2 Å². The number of aryl methyl sites for hydroxylation is 1. The SMILES string of the molecule is Cc1coc(NC(=O)c2cccc(Cl)c2N)n1. The summed E-state index contributed by atoms with van der Waals surface area (Å²) in [6, 6.07) is 4.97. The number of hydrogen-bond donors (Lipinski definition) is 2. The zero-order chi connectivity index (χ0) is 12.4. The van der Waals surface area contributed by atoms with Crippen LogP contribution in [0.1, 0.15) is 16.1 Å². The minimum atomic E-state index is -0.410. The number of amides is 1. The molecule has 0 spiro atoms. The van der Waals surface area contributed by atoms with Crippen LogP contribution in [-0.2, 0) is 0 Å². The molecular weight excluding hydrogens is 242 g/mol. The Kier molecular flexibility index (Phi) is 3.01. The Bertz CT molecular complexity index is 566. The lowest BCUT2D eigenvalue weighted by Crippen LogP contribution is -2.14. The molecule has 2 rings (SSSR count). The van der Waals surface area contributed by atoms with Gasteiger partial charge in [-0.1, -0.05) is 17.7 Å². The van der Waals surface area contributed by atoms with Gasteiger partial charge >= 0.3 is 6.01 Å². The maximum atomic E-state index is 11.8. The zero-order valence-electron chi connectivity index (χ0n) is 9.03. The van der Waals surface area contributed by atoms with E-state index in [4.69, 9.17) is 21.8 Å². The van der Waals surface area contributed by atoms with E-state index in [0.717, 1.165) is 0 Å². The van der Waals surface area contributed by atoms with E-state index < -0.39 is 5.91 Å². The van der Waals surface area contributed by atoms with Crippen molar-refractivity contribution in [2.24, 2.45) is 0 Å². The van der Waals surface area contributed by atoms with Gasteiger partial charge in [0.25, 0.3) is 5.91 Å². The predicted octanol–water partition coefficient (Wildman–Crippen LogP) is 2.47. The predicted molar refractivity (Wildman–Crippen MR) is 65.1 cm³/mol. The third-order valence-electron chi connectivity index (χ3n) is 2.14. The van der Waals surface area contributed by atoms with Gasteiger partial charge in [0.2, 0.25) is 0 Å². The summed E-state index contributed by atoms with van der Waals surface area (Å²) in [4.78, 5) is 15.8. The van der Waals surface area contributed by atoms with E-state index in [2.05, 4.69) is 10.3 Å². The molecule has 3 N–H and O–H groups in total. The maximum absolute atomic E-state index is 11.8. The Morgan fingerprint density at radius 3 is 2.94 bits per heavy atom. The number of carbonyl (C=O) groups is 1. The molecule has 1 aromatic carbocycles. The van der Waals surface area contributed by atoms with Crippen LogP contribution in [0.25, 0.3) is 0 Å². The van der Waals surface area contributed by atoms with Crippen molar-refractivity contribution in [3.05, 3.63) is 40.7 Å². The number of oxazole rings is 1. The van der Waals surface area contributed by atoms with Crippen LogP contribution in [0.5, 0.6) is 0 Å². The number of anilines is 2. The van der Waals surface area contributed by atoms with Crippen LogP contribution in [0.15, 0.2) is 28.9 Å². The van der Waals surface area contributed by atoms with Gasteiger partial charge in [-0.2, -0.15) is 4.98 Å². The molecule has 0 atom stereocenters. The minimum absolute atomic E-state index is 0.131. The first kappa shape index (κ1) is 11.5. The van der Waals surface area contributed by atoms with Gasteiger partial charge in [0.05, 0.1) is 22.0 Å². The number of nitrogens with two attached hydrogens (primary N) is 1. The van der Waals surface area contributed by atoms with Gasteiger partial charge in [0, 0.05) is 0 Å². The largest absolute Gasteiger partial charge is 0.432 e. The average molecular weight is 252 g/mol. The second kappa shape index (κ2) is 4.47. The number of halogens is 1. The first-order chi connectivity index (χ1) is 8.08. The van der Waals surface area contributed by atoms with Crippen molar-refractivity contribution in [1.82, 2.24) is 4.98 Å². The van der Waals surface area contributed by atoms with Crippen LogP contribution < -0.4 is 11.1 Å². The van der Waals surface area contributed by atoms with E-state index in [0.29, 0.717) is 10.7 Å². The molecule has 0 aliphatic rings. The normalized spacial score (nSPS) is 10.2. The molecule has 0 radical (unpaired) electrons. The molecule has 0 unspecified atom stereocenters. The molecular formula is C11H10ClN3O2. The maximum Gasteiger partial charge on any atom is 0.301 e. The van der Waals surface area contributed by atoms with E-state index in [9.17, 15) is 4.79 Å². The highest BCUT2D eigenvalue weighted by molar-refractivity contribution is 6.34. The van der Waals surface area contributed by atoms with E-state index in [1.807, 2.05) is 0 Å². The van der Waals surface area contributed by atoms with Gasteiger partial charge in [-0.15, -0.1) is 0 Å². The summed E-state index contributed by atoms with van der Waals surface area (Å²) in [5.41, 5.74) is 6.90. The van der Waals surface area contributed by atoms with Gasteiger partial charge in [0.15, 0.2) is 0 Å². The standard InChI is InChI=1S/C11H10ClN3O2/c1-6-5-17-11(14-6)15-10(16)7-3-2-4-8(12)9(7)13/h2-5H,13H2,1H3,(H,14,15,16). The number of carbonyl (C=O) groups excluding carboxylic acids is 1. The van der Waals surface area contributed by atoms with Gasteiger partial charge in [-0.3, -0.25) is 10.1 Å². The Morgan fingerprint density at radius 2 is 2.29 bits per heavy atom. The van der Waals surface area contributed by atoms with Crippen LogP contribution in [0, 0.1) is 6.92 Å². The Labute approximate surface area is 103 Å². The zero-order valence-corrected chi connectivity index (χ0v) is 9.78. The molecule has 0 bridgehead atoms. The molecule has 5 nitrogen and oxygen atoms in total. The van der Waals surface area contributed by atoms with Crippen LogP contribution in [-0.4, -0.2) is 10.9 Å². The molecule has 2 aromatic rings. The number of rotatable bonds is 2. The highest BCUT2D eigenvalue weighted by Gasteiger charge is 2.13. The first-order valence-corrected chi connectivity index (χ1v) is 5.23. The van der Waals surface area contributed by atoms with Crippen molar-refractivity contribution in [1.29, 1.82) is 0 Å². The first-order valence-electron chi connectivity index (χ1n) is 4.85. The van der Waals surface area contributed by atoms with Crippen molar-refractivity contribution in [3.63, 3.8) is 0 Å². The number of nitrogen functional groups attached to an aromatic ring is 1. The molecule has 0 fully saturated rings. The average Bonchev–Trinajstić information content (AvgIpc) is 2.68. The summed E-state index contributed by atoms with van der Waals surface area (Å²) < 4.78 is 5.01. The van der Waals surface area contributed by atoms with Crippen LogP contribution in [0.2, 0.25) is 5.02 Å². The fraction of sp³-hybridized carbons (Fsp3) is 0.0909. The third kappa shape index (κ3) is 2.39. The van der Waals surface area contributed by atoms with Crippen molar-refractivity contribution in [3.8, 4) is 0 Å². The smallest absolute Gasteiger partial charge is 0.301 e. The number of para-hydroxylation sites is 1. The minimum Gasteiger partial charge on any atom is -0.432 e. The van der Waals surface area contributed by atoms with E-state index in [1.165, 1.54) is 6.26 Å². The lowest BCUT2D eigenvalue weighted by Gasteiger charge is -2.05. The van der Waals surface area contributed by atoms with E-state index in [1.54, 1.807) is 25.1 Å². The Morgan fingerprint density at radius 1 is 1.53 bits per heavy atom. The summed E-state index contributed by atoms with van der Waals surface area (Å²) >= 11 is 5.82. The molecule has 0 aliphatic carbocycles. The van der Waals surface area contributed by atoms with Gasteiger partial charge in [-0.25, -0.2) is 0 Å². The highest BCUT2D eigenvalue weighted by Crippen LogP contribution is 2.23. The lowest BCUT2D eigenvalue weighted by molar-refractivity contribution is 0.102. The van der Waals surface area contributed by atoms with Gasteiger partial charge in [0.1, 0.15) is 6.26 Å². The van der Waals surface area contributed by atoms with Gasteiger partial charge < -0.3 is 10.2 Å². The van der Waals surface area contributed by atoms with Crippen molar-refractivity contribution in [2.75, 3.05) is 11.1 Å². The van der Waals surface area contributed by atoms with Crippen LogP contribution >= 0.6 is 11.6 Å². The lowest BCUT2D eigenvalue weighted by atomic mass is 10.1. The Hall–Kier alpha value is -2.01. The van der Waals surface area contributed by atoms with Crippen LogP contribution in [0.3, 0.4) is 0 Å². The monoisotopic (exact) mass is 251 g/mol. The molecule has 0 aliphatic heterocycles. The summed E-state index contributed by atoms with van der Waals surface area (Å²) in [6.45, 7) is 1.76. The molecule has 1 aromatic heterocycles. The summed E-state index contributed by atoms with van der Waals surface area (Å²) in [6.07, 6.45) is 1.44. The molecule has 1 amide bonds. The van der Waals surface area contributed by atoms with E-state index in [-0.39, 0.29) is 17.3 Å². The molecule has 6 heteroatoms. The molecule has 0 saturated heterocycles. The second-order valence-corrected chi connectivity index (χ2v) is 3.86. The van der Waals surface area contributed by atoms with E-state index >= 15 is 0 Å². The van der Waals surface area contributed by atoms with Crippen LogP contribution in [0.4, 0.5) is 11.7 Å². The quantitative estimate of drug-likeness (QED) is 0.804. The number of hydrogen-bond acceptors (Lipinski definition) is 4. The topological polar surface area (TPSA) is 81.2 Å². The fourth-order valence-electron chi connectivity index (χ4n) is 1.31. The highest BCUT2D eigenvalue weighted by atomic mass is 35.5. The molecule has 17 heavy (non-hydrogen) atoms. The molecule has 0 saturated carbocycles. The number of benzene rings is 1. The second-order valence-electron chi connectivity index (χ2n) is 3.45. The number of nitrogens with zero attached hydrogens (tertiary/aromatic N) is 1. The number of nitrogens with one attached hydrogen (secondary N) is 1. The van der Waals surface area contributed by atoms with Crippen molar-refractivity contribution < 1.29 is 9.21 Å². The molecule has 1 heterocycles.